The summed E-state index contributed by atoms with van der Waals surface area (Å²) in [4.78, 5) is 12.6. The van der Waals surface area contributed by atoms with Crippen molar-refractivity contribution in [3.05, 3.63) is 88.5 Å². The Labute approximate surface area is 179 Å². The zero-order valence-electron chi connectivity index (χ0n) is 18.1. The Kier molecular flexibility index (Phi) is 6.69. The van der Waals surface area contributed by atoms with Crippen LogP contribution in [0.1, 0.15) is 41.2 Å². The summed E-state index contributed by atoms with van der Waals surface area (Å²) in [6.07, 6.45) is 1.62. The van der Waals surface area contributed by atoms with E-state index in [0.29, 0.717) is 5.56 Å². The average molecular weight is 397 g/mol. The Hall–Kier alpha value is -3.38. The lowest BCUT2D eigenvalue weighted by atomic mass is 9.92. The molecule has 3 aromatic carbocycles. The quantitative estimate of drug-likeness (QED) is 0.527. The standard InChI is InChI=1S/C27H28N2O/c1-18-7-5-6-8-25(18)26-16-22(11-9-19(26)2)12-10-20(3)27(30)29-24-14-13-23(17-28)21(4)15-24/h5-9,11,13-16,20H,10,12H2,1-4H3,(H,29,30). The van der Waals surface area contributed by atoms with Crippen molar-refractivity contribution >= 4 is 11.6 Å². The van der Waals surface area contributed by atoms with E-state index in [2.05, 4.69) is 67.7 Å². The number of hydrogen-bond donors (Lipinski definition) is 1. The minimum absolute atomic E-state index is 0.00495. The molecule has 0 radical (unpaired) electrons. The van der Waals surface area contributed by atoms with E-state index in [1.54, 1.807) is 12.1 Å². The second kappa shape index (κ2) is 9.41. The minimum atomic E-state index is -0.107. The van der Waals surface area contributed by atoms with Crippen molar-refractivity contribution in [1.29, 1.82) is 5.26 Å². The van der Waals surface area contributed by atoms with E-state index in [4.69, 9.17) is 5.26 Å². The summed E-state index contributed by atoms with van der Waals surface area (Å²) in [6.45, 7) is 8.11. The normalized spacial score (nSPS) is 11.6. The first-order valence-electron chi connectivity index (χ1n) is 10.4. The molecular weight excluding hydrogens is 368 g/mol. The van der Waals surface area contributed by atoms with Gasteiger partial charge in [0.25, 0.3) is 0 Å². The molecule has 0 aliphatic carbocycles. The molecule has 152 valence electrons. The van der Waals surface area contributed by atoms with Crippen molar-refractivity contribution in [1.82, 2.24) is 0 Å². The van der Waals surface area contributed by atoms with Gasteiger partial charge in [-0.15, -0.1) is 0 Å². The van der Waals surface area contributed by atoms with Crippen molar-refractivity contribution < 1.29 is 4.79 Å². The summed E-state index contributed by atoms with van der Waals surface area (Å²) in [5.41, 5.74) is 8.53. The fourth-order valence-electron chi connectivity index (χ4n) is 3.64. The summed E-state index contributed by atoms with van der Waals surface area (Å²) >= 11 is 0. The molecule has 0 saturated heterocycles. The van der Waals surface area contributed by atoms with E-state index >= 15 is 0 Å². The summed E-state index contributed by atoms with van der Waals surface area (Å²) in [6, 6.07) is 22.5. The van der Waals surface area contributed by atoms with Crippen molar-refractivity contribution in [2.45, 2.75) is 40.5 Å². The van der Waals surface area contributed by atoms with Gasteiger partial charge in [-0.05, 0) is 85.2 Å². The van der Waals surface area contributed by atoms with Gasteiger partial charge in [-0.25, -0.2) is 0 Å². The molecule has 0 spiro atoms. The molecule has 0 bridgehead atoms. The first-order chi connectivity index (χ1) is 14.4. The molecule has 1 N–H and O–H groups in total. The molecule has 1 amide bonds. The maximum absolute atomic E-state index is 12.6. The predicted octanol–water partition coefficient (Wildman–Crippen LogP) is 6.36. The first-order valence-corrected chi connectivity index (χ1v) is 10.4. The lowest BCUT2D eigenvalue weighted by Gasteiger charge is -2.15. The Balaban J connectivity index is 1.66. The van der Waals surface area contributed by atoms with E-state index in [-0.39, 0.29) is 11.8 Å². The maximum atomic E-state index is 12.6. The molecule has 3 rings (SSSR count). The molecule has 30 heavy (non-hydrogen) atoms. The number of aryl methyl sites for hydroxylation is 4. The summed E-state index contributed by atoms with van der Waals surface area (Å²) in [5, 5.41) is 12.0. The number of amides is 1. The van der Waals surface area contributed by atoms with Gasteiger partial charge in [0.05, 0.1) is 11.6 Å². The van der Waals surface area contributed by atoms with E-state index in [1.807, 2.05) is 19.9 Å². The molecule has 3 aromatic rings. The maximum Gasteiger partial charge on any atom is 0.227 e. The Morgan fingerprint density at radius 1 is 0.933 bits per heavy atom. The second-order valence-corrected chi connectivity index (χ2v) is 8.03. The van der Waals surface area contributed by atoms with Crippen LogP contribution in [0, 0.1) is 38.0 Å². The Morgan fingerprint density at radius 2 is 1.67 bits per heavy atom. The monoisotopic (exact) mass is 396 g/mol. The minimum Gasteiger partial charge on any atom is -0.326 e. The smallest absolute Gasteiger partial charge is 0.227 e. The lowest BCUT2D eigenvalue weighted by Crippen LogP contribution is -2.21. The van der Waals surface area contributed by atoms with Crippen LogP contribution in [-0.4, -0.2) is 5.91 Å². The summed E-state index contributed by atoms with van der Waals surface area (Å²) in [7, 11) is 0. The molecule has 1 unspecified atom stereocenters. The molecule has 1 atom stereocenters. The fraction of sp³-hybridized carbons (Fsp3) is 0.259. The molecule has 0 aromatic heterocycles. The number of carbonyl (C=O) groups is 1. The average Bonchev–Trinajstić information content (AvgIpc) is 2.73. The zero-order valence-corrected chi connectivity index (χ0v) is 18.1. The van der Waals surface area contributed by atoms with E-state index in [9.17, 15) is 4.79 Å². The van der Waals surface area contributed by atoms with Crippen LogP contribution in [0.4, 0.5) is 5.69 Å². The van der Waals surface area contributed by atoms with Crippen LogP contribution in [0.2, 0.25) is 0 Å². The van der Waals surface area contributed by atoms with Crippen LogP contribution in [0.15, 0.2) is 60.7 Å². The molecule has 0 aliphatic heterocycles. The van der Waals surface area contributed by atoms with Gasteiger partial charge in [-0.2, -0.15) is 5.26 Å². The topological polar surface area (TPSA) is 52.9 Å². The SMILES string of the molecule is Cc1cc(NC(=O)C(C)CCc2ccc(C)c(-c3ccccc3C)c2)ccc1C#N. The highest BCUT2D eigenvalue weighted by molar-refractivity contribution is 5.92. The van der Waals surface area contributed by atoms with Crippen LogP contribution >= 0.6 is 0 Å². The van der Waals surface area contributed by atoms with Gasteiger partial charge in [0.2, 0.25) is 5.91 Å². The van der Waals surface area contributed by atoms with E-state index in [0.717, 1.165) is 24.1 Å². The van der Waals surface area contributed by atoms with Crippen molar-refractivity contribution in [2.24, 2.45) is 5.92 Å². The Morgan fingerprint density at radius 3 is 2.37 bits per heavy atom. The number of carbonyl (C=O) groups excluding carboxylic acids is 1. The third kappa shape index (κ3) is 4.96. The molecule has 0 fully saturated rings. The van der Waals surface area contributed by atoms with Gasteiger partial charge in [-0.1, -0.05) is 49.4 Å². The van der Waals surface area contributed by atoms with Gasteiger partial charge >= 0.3 is 0 Å². The number of nitriles is 1. The summed E-state index contributed by atoms with van der Waals surface area (Å²) < 4.78 is 0. The molecule has 0 aliphatic rings. The highest BCUT2D eigenvalue weighted by Crippen LogP contribution is 2.28. The molecular formula is C27H28N2O. The highest BCUT2D eigenvalue weighted by Gasteiger charge is 2.14. The van der Waals surface area contributed by atoms with Gasteiger partial charge in [-0.3, -0.25) is 4.79 Å². The van der Waals surface area contributed by atoms with Gasteiger partial charge in [0.15, 0.2) is 0 Å². The van der Waals surface area contributed by atoms with Crippen LogP contribution in [0.25, 0.3) is 11.1 Å². The van der Waals surface area contributed by atoms with Crippen LogP contribution in [-0.2, 0) is 11.2 Å². The fourth-order valence-corrected chi connectivity index (χ4v) is 3.64. The second-order valence-electron chi connectivity index (χ2n) is 8.03. The summed E-state index contributed by atoms with van der Waals surface area (Å²) in [5.74, 6) is -0.102. The first kappa shape index (κ1) is 21.3. The number of benzene rings is 3. The van der Waals surface area contributed by atoms with Crippen LogP contribution < -0.4 is 5.32 Å². The predicted molar refractivity (Wildman–Crippen MR) is 123 cm³/mol. The van der Waals surface area contributed by atoms with Crippen molar-refractivity contribution in [3.8, 4) is 17.2 Å². The van der Waals surface area contributed by atoms with E-state index in [1.165, 1.54) is 27.8 Å². The highest BCUT2D eigenvalue weighted by atomic mass is 16.1. The van der Waals surface area contributed by atoms with Gasteiger partial charge < -0.3 is 5.32 Å². The number of nitrogens with one attached hydrogen (secondary N) is 1. The van der Waals surface area contributed by atoms with Crippen molar-refractivity contribution in [3.63, 3.8) is 0 Å². The largest absolute Gasteiger partial charge is 0.326 e. The van der Waals surface area contributed by atoms with Crippen LogP contribution in [0.3, 0.4) is 0 Å². The number of anilines is 1. The van der Waals surface area contributed by atoms with Crippen molar-refractivity contribution in [2.75, 3.05) is 5.32 Å². The Bertz CT molecular complexity index is 1110. The third-order valence-electron chi connectivity index (χ3n) is 5.67. The number of nitrogens with zero attached hydrogens (tertiary/aromatic N) is 1. The lowest BCUT2D eigenvalue weighted by molar-refractivity contribution is -0.119. The molecule has 0 heterocycles. The number of hydrogen-bond acceptors (Lipinski definition) is 2. The van der Waals surface area contributed by atoms with Gasteiger partial charge in [0.1, 0.15) is 0 Å². The molecule has 3 nitrogen and oxygen atoms in total. The molecule has 3 heteroatoms. The van der Waals surface area contributed by atoms with Crippen LogP contribution in [0.5, 0.6) is 0 Å². The molecule has 0 saturated carbocycles. The number of rotatable bonds is 6. The zero-order chi connectivity index (χ0) is 21.7. The third-order valence-corrected chi connectivity index (χ3v) is 5.67. The van der Waals surface area contributed by atoms with E-state index < -0.39 is 0 Å². The van der Waals surface area contributed by atoms with Gasteiger partial charge in [0, 0.05) is 11.6 Å².